The molecule has 0 radical (unpaired) electrons. The third-order valence-corrected chi connectivity index (χ3v) is 4.03. The molecule has 1 aromatic carbocycles. The summed E-state index contributed by atoms with van der Waals surface area (Å²) in [7, 11) is 0. The molecule has 2 unspecified atom stereocenters. The molecule has 2 N–H and O–H groups in total. The first-order valence-electron chi connectivity index (χ1n) is 8.07. The molecule has 0 spiro atoms. The van der Waals surface area contributed by atoms with Crippen molar-refractivity contribution < 1.29 is 14.3 Å². The van der Waals surface area contributed by atoms with E-state index >= 15 is 0 Å². The molecule has 6 heteroatoms. The van der Waals surface area contributed by atoms with E-state index in [0.717, 1.165) is 24.2 Å². The standard InChI is InChI=1S/C18H21N3O3/c1-12-5-6-14(21-20-12)10-17-11-16(7-8-23-17)24-15-4-2-3-13(9-15)18(19)22/h2-6,9,16-17H,7-8,10-11H2,1H3,(H2,19,22). The summed E-state index contributed by atoms with van der Waals surface area (Å²) in [4.78, 5) is 11.3. The third kappa shape index (κ3) is 4.29. The van der Waals surface area contributed by atoms with Crippen LogP contribution >= 0.6 is 0 Å². The zero-order valence-electron chi connectivity index (χ0n) is 13.6. The van der Waals surface area contributed by atoms with E-state index in [1.807, 2.05) is 25.1 Å². The fourth-order valence-corrected chi connectivity index (χ4v) is 2.78. The third-order valence-electron chi connectivity index (χ3n) is 4.03. The minimum atomic E-state index is -0.455. The van der Waals surface area contributed by atoms with Gasteiger partial charge in [0.2, 0.25) is 5.91 Å². The van der Waals surface area contributed by atoms with Crippen molar-refractivity contribution in [3.05, 3.63) is 53.3 Å². The number of aryl methyl sites for hydroxylation is 1. The van der Waals surface area contributed by atoms with E-state index in [2.05, 4.69) is 10.2 Å². The number of primary amides is 1. The van der Waals surface area contributed by atoms with Crippen molar-refractivity contribution in [1.29, 1.82) is 0 Å². The first-order valence-corrected chi connectivity index (χ1v) is 8.07. The number of hydrogen-bond acceptors (Lipinski definition) is 5. The van der Waals surface area contributed by atoms with Gasteiger partial charge in [0.1, 0.15) is 11.9 Å². The van der Waals surface area contributed by atoms with E-state index in [4.69, 9.17) is 15.2 Å². The van der Waals surface area contributed by atoms with Gasteiger partial charge in [0, 0.05) is 24.8 Å². The first-order chi connectivity index (χ1) is 11.6. The maximum Gasteiger partial charge on any atom is 0.248 e. The van der Waals surface area contributed by atoms with Crippen LogP contribution in [0.3, 0.4) is 0 Å². The number of aromatic nitrogens is 2. The maximum atomic E-state index is 11.3. The molecule has 0 saturated carbocycles. The number of rotatable bonds is 5. The van der Waals surface area contributed by atoms with Crippen LogP contribution in [0.5, 0.6) is 5.75 Å². The Morgan fingerprint density at radius 1 is 1.33 bits per heavy atom. The van der Waals surface area contributed by atoms with Crippen molar-refractivity contribution in [2.75, 3.05) is 6.61 Å². The highest BCUT2D eigenvalue weighted by Gasteiger charge is 2.25. The Bertz CT molecular complexity index is 703. The van der Waals surface area contributed by atoms with Gasteiger partial charge in [-0.3, -0.25) is 4.79 Å². The number of carbonyl (C=O) groups excluding carboxylic acids is 1. The molecule has 0 aliphatic carbocycles. The van der Waals surface area contributed by atoms with Gasteiger partial charge in [-0.2, -0.15) is 10.2 Å². The molecule has 1 saturated heterocycles. The fourth-order valence-electron chi connectivity index (χ4n) is 2.78. The SMILES string of the molecule is Cc1ccc(CC2CC(Oc3cccc(C(N)=O)c3)CCO2)nn1. The summed E-state index contributed by atoms with van der Waals surface area (Å²) < 4.78 is 11.8. The second kappa shape index (κ2) is 7.40. The molecule has 1 aromatic heterocycles. The van der Waals surface area contributed by atoms with Crippen molar-refractivity contribution >= 4 is 5.91 Å². The molecule has 1 amide bonds. The van der Waals surface area contributed by atoms with Crippen LogP contribution in [0.15, 0.2) is 36.4 Å². The molecule has 1 aliphatic heterocycles. The van der Waals surface area contributed by atoms with Gasteiger partial charge in [-0.15, -0.1) is 0 Å². The number of nitrogens with zero attached hydrogens (tertiary/aromatic N) is 2. The molecule has 3 rings (SSSR count). The smallest absolute Gasteiger partial charge is 0.248 e. The lowest BCUT2D eigenvalue weighted by atomic mass is 10.0. The van der Waals surface area contributed by atoms with Crippen LogP contribution in [0.25, 0.3) is 0 Å². The lowest BCUT2D eigenvalue weighted by Gasteiger charge is -2.30. The molecule has 1 fully saturated rings. The maximum absolute atomic E-state index is 11.3. The Balaban J connectivity index is 1.60. The number of amides is 1. The van der Waals surface area contributed by atoms with E-state index < -0.39 is 5.91 Å². The van der Waals surface area contributed by atoms with Gasteiger partial charge in [-0.25, -0.2) is 0 Å². The van der Waals surface area contributed by atoms with Crippen LogP contribution in [0.4, 0.5) is 0 Å². The lowest BCUT2D eigenvalue weighted by molar-refractivity contribution is -0.0344. The summed E-state index contributed by atoms with van der Waals surface area (Å²) in [6.07, 6.45) is 2.41. The van der Waals surface area contributed by atoms with E-state index in [1.54, 1.807) is 18.2 Å². The van der Waals surface area contributed by atoms with Crippen LogP contribution in [-0.2, 0) is 11.2 Å². The van der Waals surface area contributed by atoms with Crippen molar-refractivity contribution in [2.45, 2.75) is 38.4 Å². The minimum absolute atomic E-state index is 0.0466. The number of carbonyl (C=O) groups is 1. The van der Waals surface area contributed by atoms with Gasteiger partial charge in [-0.05, 0) is 37.3 Å². The Kier molecular flexibility index (Phi) is 5.05. The van der Waals surface area contributed by atoms with Crippen LogP contribution in [0, 0.1) is 6.92 Å². The molecule has 126 valence electrons. The highest BCUT2D eigenvalue weighted by atomic mass is 16.5. The quantitative estimate of drug-likeness (QED) is 0.908. The second-order valence-electron chi connectivity index (χ2n) is 6.02. The van der Waals surface area contributed by atoms with Gasteiger partial charge in [0.15, 0.2) is 0 Å². The van der Waals surface area contributed by atoms with E-state index in [-0.39, 0.29) is 12.2 Å². The van der Waals surface area contributed by atoms with Crippen molar-refractivity contribution in [2.24, 2.45) is 5.73 Å². The molecular formula is C18H21N3O3. The van der Waals surface area contributed by atoms with Crippen molar-refractivity contribution in [1.82, 2.24) is 10.2 Å². The first kappa shape index (κ1) is 16.4. The predicted molar refractivity (Wildman–Crippen MR) is 88.8 cm³/mol. The minimum Gasteiger partial charge on any atom is -0.490 e. The number of hydrogen-bond donors (Lipinski definition) is 1. The molecule has 0 bridgehead atoms. The predicted octanol–water partition coefficient (Wildman–Crippen LogP) is 2.05. The number of ether oxygens (including phenoxy) is 2. The highest BCUT2D eigenvalue weighted by Crippen LogP contribution is 2.23. The Morgan fingerprint density at radius 3 is 2.96 bits per heavy atom. The molecule has 2 aromatic rings. The molecule has 6 nitrogen and oxygen atoms in total. The summed E-state index contributed by atoms with van der Waals surface area (Å²) in [5.41, 5.74) is 7.58. The van der Waals surface area contributed by atoms with Gasteiger partial charge in [0.25, 0.3) is 0 Å². The Morgan fingerprint density at radius 2 is 2.21 bits per heavy atom. The lowest BCUT2D eigenvalue weighted by Crippen LogP contribution is -2.34. The number of nitrogens with two attached hydrogens (primary N) is 1. The summed E-state index contributed by atoms with van der Waals surface area (Å²) >= 11 is 0. The average Bonchev–Trinajstić information content (AvgIpc) is 2.57. The van der Waals surface area contributed by atoms with E-state index in [9.17, 15) is 4.79 Å². The van der Waals surface area contributed by atoms with Crippen molar-refractivity contribution in [3.8, 4) is 5.75 Å². The van der Waals surface area contributed by atoms with Crippen LogP contribution in [0.1, 0.15) is 34.6 Å². The number of benzene rings is 1. The highest BCUT2D eigenvalue weighted by molar-refractivity contribution is 5.93. The van der Waals surface area contributed by atoms with Crippen LogP contribution in [-0.4, -0.2) is 34.9 Å². The van der Waals surface area contributed by atoms with Gasteiger partial charge in [0.05, 0.1) is 24.1 Å². The summed E-state index contributed by atoms with van der Waals surface area (Å²) in [5, 5.41) is 8.27. The van der Waals surface area contributed by atoms with E-state index in [0.29, 0.717) is 24.3 Å². The topological polar surface area (TPSA) is 87.3 Å². The summed E-state index contributed by atoms with van der Waals surface area (Å²) in [6.45, 7) is 2.56. The molecular weight excluding hydrogens is 306 g/mol. The second-order valence-corrected chi connectivity index (χ2v) is 6.02. The summed E-state index contributed by atoms with van der Waals surface area (Å²) in [6, 6.07) is 10.9. The largest absolute Gasteiger partial charge is 0.490 e. The van der Waals surface area contributed by atoms with Crippen LogP contribution < -0.4 is 10.5 Å². The monoisotopic (exact) mass is 327 g/mol. The summed E-state index contributed by atoms with van der Waals surface area (Å²) in [5.74, 6) is 0.204. The Labute approximate surface area is 141 Å². The zero-order valence-corrected chi connectivity index (χ0v) is 13.6. The van der Waals surface area contributed by atoms with Crippen molar-refractivity contribution in [3.63, 3.8) is 0 Å². The van der Waals surface area contributed by atoms with Gasteiger partial charge in [-0.1, -0.05) is 6.07 Å². The molecule has 2 heterocycles. The normalized spacial score (nSPS) is 20.5. The average molecular weight is 327 g/mol. The molecule has 1 aliphatic rings. The van der Waals surface area contributed by atoms with Gasteiger partial charge >= 0.3 is 0 Å². The molecule has 2 atom stereocenters. The zero-order chi connectivity index (χ0) is 16.9. The fraction of sp³-hybridized carbons (Fsp3) is 0.389. The van der Waals surface area contributed by atoms with E-state index in [1.165, 1.54) is 0 Å². The van der Waals surface area contributed by atoms with Gasteiger partial charge < -0.3 is 15.2 Å². The van der Waals surface area contributed by atoms with Crippen LogP contribution in [0.2, 0.25) is 0 Å². The molecule has 24 heavy (non-hydrogen) atoms. The Hall–Kier alpha value is -2.47.